The second-order valence-electron chi connectivity index (χ2n) is 7.65. The number of allylic oxidation sites excluding steroid dienone is 1. The molecule has 8 heteroatoms. The Kier molecular flexibility index (Phi) is 5.60. The fraction of sp³-hybridized carbons (Fsp3) is 0.261. The minimum atomic E-state index is -3.85. The number of benzene rings is 2. The maximum absolute atomic E-state index is 12.6. The maximum Gasteiger partial charge on any atom is 0.248 e. The van der Waals surface area contributed by atoms with Crippen LogP contribution in [0.2, 0.25) is 0 Å². The minimum Gasteiger partial charge on any atom is -0.496 e. The zero-order valence-electron chi connectivity index (χ0n) is 17.4. The molecule has 1 aromatic heterocycles. The number of furan rings is 1. The number of primary sulfonamides is 1. The van der Waals surface area contributed by atoms with E-state index >= 15 is 0 Å². The normalized spacial score (nSPS) is 14.4. The van der Waals surface area contributed by atoms with Crippen molar-refractivity contribution in [2.75, 3.05) is 12.4 Å². The van der Waals surface area contributed by atoms with Gasteiger partial charge in [-0.05, 0) is 56.0 Å². The molecule has 0 spiro atoms. The van der Waals surface area contributed by atoms with Gasteiger partial charge in [-0.2, -0.15) is 0 Å². The van der Waals surface area contributed by atoms with Gasteiger partial charge < -0.3 is 14.5 Å². The smallest absolute Gasteiger partial charge is 0.248 e. The molecule has 1 heterocycles. The quantitative estimate of drug-likeness (QED) is 0.582. The monoisotopic (exact) mass is 440 g/mol. The second-order valence-corrected chi connectivity index (χ2v) is 9.21. The van der Waals surface area contributed by atoms with Gasteiger partial charge in [0.15, 0.2) is 0 Å². The van der Waals surface area contributed by atoms with Crippen molar-refractivity contribution in [1.29, 1.82) is 0 Å². The highest BCUT2D eigenvalue weighted by Crippen LogP contribution is 2.37. The summed E-state index contributed by atoms with van der Waals surface area (Å²) >= 11 is 0. The third kappa shape index (κ3) is 4.35. The number of hydrogen-bond acceptors (Lipinski definition) is 5. The number of ether oxygens (including phenoxy) is 1. The molecule has 7 nitrogen and oxygen atoms in total. The number of sulfonamides is 1. The first-order valence-corrected chi connectivity index (χ1v) is 11.6. The van der Waals surface area contributed by atoms with E-state index in [-0.39, 0.29) is 10.8 Å². The van der Waals surface area contributed by atoms with Crippen LogP contribution in [-0.2, 0) is 27.7 Å². The highest BCUT2D eigenvalue weighted by Gasteiger charge is 2.20. The molecular formula is C23H24N2O5S. The van der Waals surface area contributed by atoms with Gasteiger partial charge >= 0.3 is 0 Å². The molecule has 1 aliphatic rings. The van der Waals surface area contributed by atoms with Crippen molar-refractivity contribution in [3.8, 4) is 5.75 Å². The van der Waals surface area contributed by atoms with Crippen molar-refractivity contribution in [3.05, 3.63) is 59.4 Å². The van der Waals surface area contributed by atoms with Crippen LogP contribution in [0.15, 0.2) is 51.8 Å². The SMILES string of the molecule is COc1cc2oc3c(c2cc1/C(C)=C/C(=O)Nc1cccc(S(N)(=O)=O)c1)CCCC3. The molecule has 31 heavy (non-hydrogen) atoms. The van der Waals surface area contributed by atoms with Gasteiger partial charge in [0.05, 0.1) is 12.0 Å². The predicted octanol–water partition coefficient (Wildman–Crippen LogP) is 4.01. The molecule has 0 aliphatic heterocycles. The first kappa shape index (κ1) is 21.1. The van der Waals surface area contributed by atoms with Crippen molar-refractivity contribution >= 4 is 38.2 Å². The van der Waals surface area contributed by atoms with Crippen LogP contribution in [0.1, 0.15) is 36.7 Å². The lowest BCUT2D eigenvalue weighted by atomic mass is 9.94. The van der Waals surface area contributed by atoms with Gasteiger partial charge in [-0.3, -0.25) is 4.79 Å². The van der Waals surface area contributed by atoms with E-state index in [0.717, 1.165) is 48.0 Å². The Morgan fingerprint density at radius 3 is 2.71 bits per heavy atom. The Bertz CT molecular complexity index is 1300. The molecule has 0 atom stereocenters. The van der Waals surface area contributed by atoms with E-state index in [1.165, 1.54) is 29.8 Å². The summed E-state index contributed by atoms with van der Waals surface area (Å²) in [5.74, 6) is 1.27. The fourth-order valence-electron chi connectivity index (χ4n) is 3.97. The molecule has 2 aromatic carbocycles. The van der Waals surface area contributed by atoms with Crippen LogP contribution in [0.4, 0.5) is 5.69 Å². The first-order chi connectivity index (χ1) is 14.8. The van der Waals surface area contributed by atoms with E-state index in [0.29, 0.717) is 17.0 Å². The van der Waals surface area contributed by atoms with Gasteiger partial charge in [-0.15, -0.1) is 0 Å². The number of carbonyl (C=O) groups is 1. The van der Waals surface area contributed by atoms with Crippen LogP contribution >= 0.6 is 0 Å². The Labute approximate surface area is 180 Å². The molecule has 1 amide bonds. The molecule has 0 fully saturated rings. The molecule has 0 saturated heterocycles. The van der Waals surface area contributed by atoms with E-state index in [4.69, 9.17) is 14.3 Å². The number of fused-ring (bicyclic) bond motifs is 3. The van der Waals surface area contributed by atoms with Crippen molar-refractivity contribution in [2.24, 2.45) is 5.14 Å². The number of rotatable bonds is 5. The minimum absolute atomic E-state index is 0.0668. The summed E-state index contributed by atoms with van der Waals surface area (Å²) in [4.78, 5) is 12.5. The average Bonchev–Trinajstić information content (AvgIpc) is 3.09. The summed E-state index contributed by atoms with van der Waals surface area (Å²) in [6, 6.07) is 9.69. The molecule has 0 radical (unpaired) electrons. The summed E-state index contributed by atoms with van der Waals surface area (Å²) in [6.07, 6.45) is 5.65. The third-order valence-corrected chi connectivity index (χ3v) is 6.39. The van der Waals surface area contributed by atoms with E-state index in [9.17, 15) is 13.2 Å². The largest absolute Gasteiger partial charge is 0.496 e. The highest BCUT2D eigenvalue weighted by molar-refractivity contribution is 7.89. The number of methoxy groups -OCH3 is 1. The van der Waals surface area contributed by atoms with Crippen LogP contribution in [0.25, 0.3) is 16.5 Å². The first-order valence-electron chi connectivity index (χ1n) is 10.0. The summed E-state index contributed by atoms with van der Waals surface area (Å²) in [6.45, 7) is 1.83. The lowest BCUT2D eigenvalue weighted by Gasteiger charge is -2.11. The molecule has 162 valence electrons. The third-order valence-electron chi connectivity index (χ3n) is 5.48. The number of nitrogens with two attached hydrogens (primary N) is 1. The van der Waals surface area contributed by atoms with Crippen LogP contribution < -0.4 is 15.2 Å². The Morgan fingerprint density at radius 1 is 1.19 bits per heavy atom. The van der Waals surface area contributed by atoms with Gasteiger partial charge in [0.25, 0.3) is 0 Å². The van der Waals surface area contributed by atoms with Crippen LogP contribution in [-0.4, -0.2) is 21.4 Å². The van der Waals surface area contributed by atoms with E-state index in [2.05, 4.69) is 5.32 Å². The molecule has 3 N–H and O–H groups in total. The number of carbonyl (C=O) groups excluding carboxylic acids is 1. The molecule has 0 unspecified atom stereocenters. The topological polar surface area (TPSA) is 112 Å². The lowest BCUT2D eigenvalue weighted by Crippen LogP contribution is -2.13. The number of anilines is 1. The molecule has 0 saturated carbocycles. The molecular weight excluding hydrogens is 416 g/mol. The van der Waals surface area contributed by atoms with Crippen molar-refractivity contribution in [1.82, 2.24) is 0 Å². The standard InChI is InChI=1S/C23H24N2O5S/c1-14(10-23(26)25-15-6-5-7-16(11-15)31(24,27)28)18-12-19-17-8-3-4-9-20(17)30-22(19)13-21(18)29-2/h5-7,10-13H,3-4,8-9H2,1-2H3,(H,25,26)(H2,24,27,28)/b14-10+. The summed E-state index contributed by atoms with van der Waals surface area (Å²) in [5, 5.41) is 8.89. The molecule has 4 rings (SSSR count). The molecule has 0 bridgehead atoms. The lowest BCUT2D eigenvalue weighted by molar-refractivity contribution is -0.111. The summed E-state index contributed by atoms with van der Waals surface area (Å²) in [5.41, 5.74) is 3.89. The number of amides is 1. The number of nitrogens with one attached hydrogen (secondary N) is 1. The van der Waals surface area contributed by atoms with Gasteiger partial charge in [0, 0.05) is 40.8 Å². The number of aryl methyl sites for hydroxylation is 2. The average molecular weight is 441 g/mol. The maximum atomic E-state index is 12.6. The van der Waals surface area contributed by atoms with Gasteiger partial charge in [0.1, 0.15) is 17.1 Å². The Morgan fingerprint density at radius 2 is 1.97 bits per heavy atom. The Hall–Kier alpha value is -3.10. The van der Waals surface area contributed by atoms with Crippen LogP contribution in [0.3, 0.4) is 0 Å². The summed E-state index contributed by atoms with van der Waals surface area (Å²) < 4.78 is 34.6. The van der Waals surface area contributed by atoms with E-state index in [1.807, 2.05) is 19.1 Å². The van der Waals surface area contributed by atoms with Gasteiger partial charge in [-0.1, -0.05) is 6.07 Å². The zero-order chi connectivity index (χ0) is 22.2. The van der Waals surface area contributed by atoms with Crippen molar-refractivity contribution in [3.63, 3.8) is 0 Å². The molecule has 3 aromatic rings. The van der Waals surface area contributed by atoms with Gasteiger partial charge in [0.2, 0.25) is 15.9 Å². The Balaban J connectivity index is 1.65. The van der Waals surface area contributed by atoms with Crippen molar-refractivity contribution in [2.45, 2.75) is 37.5 Å². The van der Waals surface area contributed by atoms with E-state index < -0.39 is 10.0 Å². The van der Waals surface area contributed by atoms with Crippen molar-refractivity contribution < 1.29 is 22.4 Å². The van der Waals surface area contributed by atoms with Crippen LogP contribution in [0.5, 0.6) is 5.75 Å². The second kappa shape index (κ2) is 8.20. The molecule has 1 aliphatic carbocycles. The fourth-order valence-corrected chi connectivity index (χ4v) is 4.53. The van der Waals surface area contributed by atoms with Gasteiger partial charge in [-0.25, -0.2) is 13.6 Å². The summed E-state index contributed by atoms with van der Waals surface area (Å²) in [7, 11) is -2.27. The highest BCUT2D eigenvalue weighted by atomic mass is 32.2. The van der Waals surface area contributed by atoms with Crippen LogP contribution in [0, 0.1) is 0 Å². The van der Waals surface area contributed by atoms with E-state index in [1.54, 1.807) is 13.2 Å². The zero-order valence-corrected chi connectivity index (χ0v) is 18.2. The predicted molar refractivity (Wildman–Crippen MR) is 120 cm³/mol. The number of hydrogen-bond donors (Lipinski definition) is 2.